The molecule has 0 spiro atoms. The topological polar surface area (TPSA) is 82.3 Å². The average molecular weight is 315 g/mol. The van der Waals surface area contributed by atoms with E-state index in [4.69, 9.17) is 9.94 Å². The predicted molar refractivity (Wildman–Crippen MR) is 87.9 cm³/mol. The molecule has 1 aliphatic heterocycles. The molecule has 0 aromatic carbocycles. The maximum Gasteiger partial charge on any atom is 0.158 e. The van der Waals surface area contributed by atoms with Crippen LogP contribution >= 0.6 is 0 Å². The Bertz CT molecular complexity index is 309. The summed E-state index contributed by atoms with van der Waals surface area (Å²) in [4.78, 5) is 5.15. The van der Waals surface area contributed by atoms with Gasteiger partial charge in [-0.1, -0.05) is 69.9 Å². The standard InChI is InChI=1S/C17H33NO4/c1-2-3-4-5-6-7-8-9-10-11-12-15-17(21)16(18-22-15)14(20)13-19/h14-15,17,19-21H,2-13H2,1H3/t14-,15-,17+/m0/s1. The van der Waals surface area contributed by atoms with Gasteiger partial charge in [0.25, 0.3) is 0 Å². The Morgan fingerprint density at radius 2 is 1.55 bits per heavy atom. The van der Waals surface area contributed by atoms with Gasteiger partial charge in [0.05, 0.1) is 6.61 Å². The molecule has 5 heteroatoms. The normalized spacial score (nSPS) is 22.5. The Morgan fingerprint density at radius 3 is 2.09 bits per heavy atom. The Hall–Kier alpha value is -0.650. The van der Waals surface area contributed by atoms with Crippen molar-refractivity contribution in [2.75, 3.05) is 6.61 Å². The summed E-state index contributed by atoms with van der Waals surface area (Å²) in [6.45, 7) is 1.80. The summed E-state index contributed by atoms with van der Waals surface area (Å²) in [5.41, 5.74) is 0.152. The van der Waals surface area contributed by atoms with Crippen LogP contribution in [-0.4, -0.2) is 46.0 Å². The van der Waals surface area contributed by atoms with Gasteiger partial charge in [0.2, 0.25) is 0 Å². The van der Waals surface area contributed by atoms with Crippen molar-refractivity contribution >= 4 is 5.71 Å². The zero-order chi connectivity index (χ0) is 16.2. The first-order valence-electron chi connectivity index (χ1n) is 8.91. The molecule has 0 amide bonds. The molecule has 0 bridgehead atoms. The van der Waals surface area contributed by atoms with Crippen LogP contribution < -0.4 is 0 Å². The van der Waals surface area contributed by atoms with Crippen LogP contribution in [0.5, 0.6) is 0 Å². The molecule has 3 N–H and O–H groups in total. The predicted octanol–water partition coefficient (Wildman–Crippen LogP) is 2.77. The Kier molecular flexibility index (Phi) is 10.5. The molecular formula is C17H33NO4. The highest BCUT2D eigenvalue weighted by Crippen LogP contribution is 2.20. The lowest BCUT2D eigenvalue weighted by atomic mass is 9.99. The fourth-order valence-corrected chi connectivity index (χ4v) is 2.83. The summed E-state index contributed by atoms with van der Waals surface area (Å²) in [6, 6.07) is 0. The van der Waals surface area contributed by atoms with Crippen LogP contribution in [0.15, 0.2) is 5.16 Å². The van der Waals surface area contributed by atoms with Gasteiger partial charge in [-0.15, -0.1) is 0 Å². The van der Waals surface area contributed by atoms with Crippen LogP contribution in [0.25, 0.3) is 0 Å². The van der Waals surface area contributed by atoms with E-state index in [1.54, 1.807) is 0 Å². The first-order chi connectivity index (χ1) is 10.7. The summed E-state index contributed by atoms with van der Waals surface area (Å²) in [5.74, 6) is 0. The van der Waals surface area contributed by atoms with Gasteiger partial charge in [-0.3, -0.25) is 0 Å². The quantitative estimate of drug-likeness (QED) is 0.456. The van der Waals surface area contributed by atoms with Crippen molar-refractivity contribution in [3.63, 3.8) is 0 Å². The largest absolute Gasteiger partial charge is 0.393 e. The van der Waals surface area contributed by atoms with Gasteiger partial charge in [0, 0.05) is 0 Å². The minimum atomic E-state index is -1.12. The maximum atomic E-state index is 9.97. The van der Waals surface area contributed by atoms with E-state index in [0.29, 0.717) is 0 Å². The molecule has 0 radical (unpaired) electrons. The smallest absolute Gasteiger partial charge is 0.158 e. The number of nitrogens with zero attached hydrogens (tertiary/aromatic N) is 1. The van der Waals surface area contributed by atoms with E-state index in [1.165, 1.54) is 51.4 Å². The molecule has 0 saturated heterocycles. The van der Waals surface area contributed by atoms with Crippen LogP contribution in [0.2, 0.25) is 0 Å². The molecule has 1 rings (SSSR count). The van der Waals surface area contributed by atoms with Crippen LogP contribution in [0.4, 0.5) is 0 Å². The van der Waals surface area contributed by atoms with Crippen LogP contribution in [0.1, 0.15) is 77.6 Å². The molecule has 0 aliphatic carbocycles. The molecule has 0 unspecified atom stereocenters. The molecule has 1 heterocycles. The van der Waals surface area contributed by atoms with Crippen LogP contribution in [0, 0.1) is 0 Å². The van der Waals surface area contributed by atoms with E-state index in [1.807, 2.05) is 0 Å². The highest BCUT2D eigenvalue weighted by molar-refractivity contribution is 5.93. The maximum absolute atomic E-state index is 9.97. The average Bonchev–Trinajstić information content (AvgIpc) is 2.89. The Morgan fingerprint density at radius 1 is 1.00 bits per heavy atom. The minimum Gasteiger partial charge on any atom is -0.393 e. The highest BCUT2D eigenvalue weighted by atomic mass is 16.7. The summed E-state index contributed by atoms with van der Waals surface area (Å²) in [5, 5.41) is 32.0. The van der Waals surface area contributed by atoms with Gasteiger partial charge >= 0.3 is 0 Å². The number of aliphatic hydroxyl groups is 3. The number of unbranched alkanes of at least 4 members (excludes halogenated alkanes) is 9. The Labute approximate surface area is 134 Å². The van der Waals surface area contributed by atoms with Crippen molar-refractivity contribution in [2.24, 2.45) is 5.16 Å². The van der Waals surface area contributed by atoms with E-state index in [0.717, 1.165) is 19.3 Å². The monoisotopic (exact) mass is 315 g/mol. The third-order valence-corrected chi connectivity index (χ3v) is 4.31. The molecule has 0 aromatic heterocycles. The van der Waals surface area contributed by atoms with Gasteiger partial charge in [-0.25, -0.2) is 0 Å². The second kappa shape index (κ2) is 11.9. The molecule has 130 valence electrons. The van der Waals surface area contributed by atoms with E-state index < -0.39 is 18.8 Å². The van der Waals surface area contributed by atoms with Crippen molar-refractivity contribution in [3.8, 4) is 0 Å². The lowest BCUT2D eigenvalue weighted by Crippen LogP contribution is -2.37. The van der Waals surface area contributed by atoms with Gasteiger partial charge in [-0.05, 0) is 12.8 Å². The fourth-order valence-electron chi connectivity index (χ4n) is 2.83. The van der Waals surface area contributed by atoms with E-state index in [9.17, 15) is 10.2 Å². The molecule has 0 aromatic rings. The number of oxime groups is 1. The van der Waals surface area contributed by atoms with Gasteiger partial charge in [0.1, 0.15) is 17.9 Å². The van der Waals surface area contributed by atoms with E-state index in [2.05, 4.69) is 12.1 Å². The minimum absolute atomic E-state index is 0.152. The summed E-state index contributed by atoms with van der Waals surface area (Å²) in [6.07, 6.45) is 11.1. The lowest BCUT2D eigenvalue weighted by molar-refractivity contribution is 0.0141. The van der Waals surface area contributed by atoms with Crippen molar-refractivity contribution in [2.45, 2.75) is 95.9 Å². The third kappa shape index (κ3) is 7.07. The Balaban J connectivity index is 1.96. The second-order valence-electron chi connectivity index (χ2n) is 6.27. The van der Waals surface area contributed by atoms with Crippen LogP contribution in [-0.2, 0) is 4.84 Å². The van der Waals surface area contributed by atoms with Crippen molar-refractivity contribution in [1.29, 1.82) is 0 Å². The number of rotatable bonds is 13. The van der Waals surface area contributed by atoms with Gasteiger partial charge < -0.3 is 20.2 Å². The SMILES string of the molecule is CCCCCCCCCCCC[C@@H]1ON=C([C@@H](O)CO)[C@@H]1O. The molecule has 1 aliphatic rings. The number of hydrogen-bond acceptors (Lipinski definition) is 5. The molecule has 22 heavy (non-hydrogen) atoms. The fraction of sp³-hybridized carbons (Fsp3) is 0.941. The molecule has 3 atom stereocenters. The van der Waals surface area contributed by atoms with Crippen molar-refractivity contribution < 1.29 is 20.2 Å². The molecular weight excluding hydrogens is 282 g/mol. The zero-order valence-corrected chi connectivity index (χ0v) is 13.9. The van der Waals surface area contributed by atoms with Gasteiger partial charge in [0.15, 0.2) is 6.10 Å². The first kappa shape index (κ1) is 19.4. The van der Waals surface area contributed by atoms with E-state index in [-0.39, 0.29) is 11.8 Å². The molecule has 0 fully saturated rings. The number of aliphatic hydroxyl groups excluding tert-OH is 3. The lowest BCUT2D eigenvalue weighted by Gasteiger charge is -2.15. The second-order valence-corrected chi connectivity index (χ2v) is 6.27. The first-order valence-corrected chi connectivity index (χ1v) is 8.91. The summed E-state index contributed by atoms with van der Waals surface area (Å²) in [7, 11) is 0. The van der Waals surface area contributed by atoms with Crippen molar-refractivity contribution in [1.82, 2.24) is 0 Å². The van der Waals surface area contributed by atoms with E-state index >= 15 is 0 Å². The number of hydrogen-bond donors (Lipinski definition) is 3. The highest BCUT2D eigenvalue weighted by Gasteiger charge is 2.35. The van der Waals surface area contributed by atoms with Crippen molar-refractivity contribution in [3.05, 3.63) is 0 Å². The van der Waals surface area contributed by atoms with Crippen LogP contribution in [0.3, 0.4) is 0 Å². The molecule has 0 saturated carbocycles. The summed E-state index contributed by atoms with van der Waals surface area (Å²) >= 11 is 0. The molecule has 5 nitrogen and oxygen atoms in total. The third-order valence-electron chi connectivity index (χ3n) is 4.31. The zero-order valence-electron chi connectivity index (χ0n) is 13.9. The van der Waals surface area contributed by atoms with Gasteiger partial charge in [-0.2, -0.15) is 0 Å². The summed E-state index contributed by atoms with van der Waals surface area (Å²) < 4.78 is 0.